The van der Waals surface area contributed by atoms with Gasteiger partial charge in [-0.15, -0.1) is 0 Å². The number of nitrogens with one attached hydrogen (secondary N) is 1. The standard InChI is InChI=1S/C20H23N7/c1-4-8-18-22-19(16-12-21-27(3)20(16)23-18)26(2)13-15-11-17(25-24-15)14-9-6-5-7-10-14/h5-7,9-12H,4,8,13H2,1-3H3,(H,24,25). The van der Waals surface area contributed by atoms with E-state index in [0.29, 0.717) is 6.54 Å². The molecule has 0 atom stereocenters. The Morgan fingerprint density at radius 1 is 1.15 bits per heavy atom. The molecule has 27 heavy (non-hydrogen) atoms. The lowest BCUT2D eigenvalue weighted by Crippen LogP contribution is -2.19. The van der Waals surface area contributed by atoms with E-state index in [9.17, 15) is 0 Å². The van der Waals surface area contributed by atoms with Gasteiger partial charge in [-0.3, -0.25) is 9.78 Å². The van der Waals surface area contributed by atoms with Crippen LogP contribution in [-0.2, 0) is 20.0 Å². The van der Waals surface area contributed by atoms with E-state index in [1.807, 2.05) is 38.5 Å². The molecule has 0 saturated carbocycles. The Kier molecular flexibility index (Phi) is 4.58. The molecule has 7 nitrogen and oxygen atoms in total. The number of aromatic amines is 1. The Balaban J connectivity index is 1.63. The van der Waals surface area contributed by atoms with Crippen molar-refractivity contribution in [2.75, 3.05) is 11.9 Å². The van der Waals surface area contributed by atoms with E-state index in [0.717, 1.165) is 52.5 Å². The Labute approximate surface area is 158 Å². The van der Waals surface area contributed by atoms with Crippen molar-refractivity contribution in [1.82, 2.24) is 29.9 Å². The minimum atomic E-state index is 0.673. The van der Waals surface area contributed by atoms with Crippen molar-refractivity contribution >= 4 is 16.9 Å². The lowest BCUT2D eigenvalue weighted by molar-refractivity contribution is 0.768. The van der Waals surface area contributed by atoms with Crippen LogP contribution in [0.1, 0.15) is 24.9 Å². The van der Waals surface area contributed by atoms with Crippen LogP contribution in [0, 0.1) is 0 Å². The van der Waals surface area contributed by atoms with E-state index in [1.54, 1.807) is 4.68 Å². The van der Waals surface area contributed by atoms with Crippen LogP contribution in [0.25, 0.3) is 22.3 Å². The molecule has 3 heterocycles. The van der Waals surface area contributed by atoms with E-state index in [-0.39, 0.29) is 0 Å². The number of rotatable bonds is 6. The molecule has 0 spiro atoms. The number of aryl methyl sites for hydroxylation is 2. The summed E-state index contributed by atoms with van der Waals surface area (Å²) in [4.78, 5) is 11.6. The van der Waals surface area contributed by atoms with Crippen LogP contribution >= 0.6 is 0 Å². The molecule has 4 rings (SSSR count). The minimum absolute atomic E-state index is 0.673. The zero-order chi connectivity index (χ0) is 18.8. The second kappa shape index (κ2) is 7.19. The van der Waals surface area contributed by atoms with E-state index in [4.69, 9.17) is 4.98 Å². The zero-order valence-corrected chi connectivity index (χ0v) is 15.8. The molecule has 138 valence electrons. The van der Waals surface area contributed by atoms with Crippen molar-refractivity contribution < 1.29 is 0 Å². The molecule has 0 aliphatic rings. The first-order valence-electron chi connectivity index (χ1n) is 9.15. The highest BCUT2D eigenvalue weighted by atomic mass is 15.3. The summed E-state index contributed by atoms with van der Waals surface area (Å²) < 4.78 is 1.80. The molecule has 0 bridgehead atoms. The summed E-state index contributed by atoms with van der Waals surface area (Å²) in [6.07, 6.45) is 3.69. The topological polar surface area (TPSA) is 75.5 Å². The highest BCUT2D eigenvalue weighted by molar-refractivity contribution is 5.86. The van der Waals surface area contributed by atoms with Gasteiger partial charge in [-0.2, -0.15) is 10.2 Å². The summed E-state index contributed by atoms with van der Waals surface area (Å²) in [6, 6.07) is 12.2. The van der Waals surface area contributed by atoms with E-state index >= 15 is 0 Å². The predicted molar refractivity (Wildman–Crippen MR) is 106 cm³/mol. The lowest BCUT2D eigenvalue weighted by atomic mass is 10.1. The van der Waals surface area contributed by atoms with Gasteiger partial charge in [0.05, 0.1) is 29.5 Å². The third-order valence-electron chi connectivity index (χ3n) is 4.56. The summed E-state index contributed by atoms with van der Waals surface area (Å²) >= 11 is 0. The van der Waals surface area contributed by atoms with Gasteiger partial charge in [0.15, 0.2) is 5.65 Å². The molecule has 1 aromatic carbocycles. The fourth-order valence-electron chi connectivity index (χ4n) is 3.21. The third-order valence-corrected chi connectivity index (χ3v) is 4.56. The van der Waals surface area contributed by atoms with Gasteiger partial charge < -0.3 is 4.90 Å². The Morgan fingerprint density at radius 3 is 2.74 bits per heavy atom. The van der Waals surface area contributed by atoms with Crippen molar-refractivity contribution in [2.45, 2.75) is 26.3 Å². The molecule has 4 aromatic rings. The van der Waals surface area contributed by atoms with Crippen LogP contribution in [0.3, 0.4) is 0 Å². The lowest BCUT2D eigenvalue weighted by Gasteiger charge is -2.18. The van der Waals surface area contributed by atoms with E-state index < -0.39 is 0 Å². The number of aromatic nitrogens is 6. The normalized spacial score (nSPS) is 11.2. The number of benzene rings is 1. The monoisotopic (exact) mass is 361 g/mol. The Bertz CT molecular complexity index is 1050. The number of anilines is 1. The molecule has 0 unspecified atom stereocenters. The fraction of sp³-hybridized carbons (Fsp3) is 0.300. The van der Waals surface area contributed by atoms with Crippen molar-refractivity contribution in [2.24, 2.45) is 7.05 Å². The summed E-state index contributed by atoms with van der Waals surface area (Å²) in [5.74, 6) is 1.75. The molecule has 3 aromatic heterocycles. The van der Waals surface area contributed by atoms with Crippen LogP contribution in [-0.4, -0.2) is 37.0 Å². The van der Waals surface area contributed by atoms with Gasteiger partial charge in [0, 0.05) is 26.1 Å². The Morgan fingerprint density at radius 2 is 1.96 bits per heavy atom. The molecular formula is C20H23N7. The minimum Gasteiger partial charge on any atom is -0.353 e. The van der Waals surface area contributed by atoms with Crippen molar-refractivity contribution in [3.63, 3.8) is 0 Å². The summed E-state index contributed by atoms with van der Waals surface area (Å²) in [7, 11) is 3.95. The first-order valence-corrected chi connectivity index (χ1v) is 9.15. The number of hydrogen-bond donors (Lipinski definition) is 1. The average Bonchev–Trinajstić information content (AvgIpc) is 3.29. The number of fused-ring (bicyclic) bond motifs is 1. The molecule has 0 fully saturated rings. The van der Waals surface area contributed by atoms with Gasteiger partial charge in [-0.1, -0.05) is 37.3 Å². The van der Waals surface area contributed by atoms with Crippen molar-refractivity contribution in [1.29, 1.82) is 0 Å². The van der Waals surface area contributed by atoms with E-state index in [2.05, 4.69) is 50.3 Å². The molecule has 1 N–H and O–H groups in total. The SMILES string of the molecule is CCCc1nc(N(C)Cc2cc(-c3ccccc3)n[nH]2)c2cnn(C)c2n1. The maximum atomic E-state index is 4.79. The zero-order valence-electron chi connectivity index (χ0n) is 15.8. The van der Waals surface area contributed by atoms with Gasteiger partial charge in [0.2, 0.25) is 0 Å². The Hall–Kier alpha value is -3.22. The fourth-order valence-corrected chi connectivity index (χ4v) is 3.21. The first-order chi connectivity index (χ1) is 13.2. The molecule has 0 radical (unpaired) electrons. The number of hydrogen-bond acceptors (Lipinski definition) is 5. The second-order valence-electron chi connectivity index (χ2n) is 6.72. The van der Waals surface area contributed by atoms with Gasteiger partial charge in [0.1, 0.15) is 11.6 Å². The van der Waals surface area contributed by atoms with Crippen LogP contribution < -0.4 is 4.90 Å². The molecule has 7 heteroatoms. The maximum Gasteiger partial charge on any atom is 0.163 e. The molecular weight excluding hydrogens is 338 g/mol. The van der Waals surface area contributed by atoms with Gasteiger partial charge in [-0.25, -0.2) is 9.97 Å². The molecule has 0 amide bonds. The smallest absolute Gasteiger partial charge is 0.163 e. The quantitative estimate of drug-likeness (QED) is 0.570. The van der Waals surface area contributed by atoms with Crippen LogP contribution in [0.15, 0.2) is 42.6 Å². The van der Waals surface area contributed by atoms with Gasteiger partial charge in [-0.05, 0) is 12.5 Å². The van der Waals surface area contributed by atoms with Crippen LogP contribution in [0.4, 0.5) is 5.82 Å². The van der Waals surface area contributed by atoms with Crippen LogP contribution in [0.5, 0.6) is 0 Å². The highest BCUT2D eigenvalue weighted by Gasteiger charge is 2.16. The summed E-state index contributed by atoms with van der Waals surface area (Å²) in [5, 5.41) is 12.9. The second-order valence-corrected chi connectivity index (χ2v) is 6.72. The summed E-state index contributed by atoms with van der Waals surface area (Å²) in [5.41, 5.74) is 3.94. The van der Waals surface area contributed by atoms with Crippen molar-refractivity contribution in [3.05, 3.63) is 54.1 Å². The summed E-state index contributed by atoms with van der Waals surface area (Å²) in [6.45, 7) is 2.81. The average molecular weight is 361 g/mol. The number of H-pyrrole nitrogens is 1. The first kappa shape index (κ1) is 17.2. The van der Waals surface area contributed by atoms with Gasteiger partial charge in [0.25, 0.3) is 0 Å². The predicted octanol–water partition coefficient (Wildman–Crippen LogP) is 3.34. The maximum absolute atomic E-state index is 4.79. The molecule has 0 saturated heterocycles. The van der Waals surface area contributed by atoms with Crippen LogP contribution in [0.2, 0.25) is 0 Å². The highest BCUT2D eigenvalue weighted by Crippen LogP contribution is 2.25. The molecule has 0 aliphatic heterocycles. The third kappa shape index (κ3) is 3.40. The van der Waals surface area contributed by atoms with Gasteiger partial charge >= 0.3 is 0 Å². The number of nitrogens with zero attached hydrogens (tertiary/aromatic N) is 6. The molecule has 0 aliphatic carbocycles. The van der Waals surface area contributed by atoms with Crippen molar-refractivity contribution in [3.8, 4) is 11.3 Å². The largest absolute Gasteiger partial charge is 0.353 e. The van der Waals surface area contributed by atoms with E-state index in [1.165, 1.54) is 0 Å².